The highest BCUT2D eigenvalue weighted by atomic mass is 16.2. The van der Waals surface area contributed by atoms with E-state index in [0.717, 1.165) is 44.0 Å². The molecule has 6 heteroatoms. The molecule has 1 fully saturated rings. The van der Waals surface area contributed by atoms with E-state index >= 15 is 0 Å². The fraction of sp³-hybridized carbons (Fsp3) is 0.348. The van der Waals surface area contributed by atoms with E-state index in [1.54, 1.807) is 17.1 Å². The minimum absolute atomic E-state index is 0.0373. The van der Waals surface area contributed by atoms with Gasteiger partial charge in [0.2, 0.25) is 0 Å². The van der Waals surface area contributed by atoms with Crippen LogP contribution in [0.25, 0.3) is 16.9 Å². The third kappa shape index (κ3) is 4.38. The molecular weight excluding hydrogens is 362 g/mol. The van der Waals surface area contributed by atoms with Crippen molar-refractivity contribution in [2.24, 2.45) is 5.92 Å². The highest BCUT2D eigenvalue weighted by Crippen LogP contribution is 2.25. The Hall–Kier alpha value is -2.99. The zero-order chi connectivity index (χ0) is 20.2. The molecule has 0 saturated carbocycles. The SMILES string of the molecule is CC(C)CN1CCN(C(=O)c2cn(-c3ccccc3)nc2-c2cccnc2)CC1. The molecule has 1 saturated heterocycles. The summed E-state index contributed by atoms with van der Waals surface area (Å²) in [5, 5.41) is 4.74. The molecule has 0 unspecified atom stereocenters. The standard InChI is InChI=1S/C23H27N5O/c1-18(2)16-26-11-13-27(14-12-26)23(29)21-17-28(20-8-4-3-5-9-20)25-22(21)19-7-6-10-24-15-19/h3-10,15,17-18H,11-14,16H2,1-2H3. The van der Waals surface area contributed by atoms with Crippen LogP contribution in [0.5, 0.6) is 0 Å². The summed E-state index contributed by atoms with van der Waals surface area (Å²) >= 11 is 0. The Morgan fingerprint density at radius 2 is 1.79 bits per heavy atom. The average molecular weight is 390 g/mol. The molecule has 0 atom stereocenters. The van der Waals surface area contributed by atoms with E-state index in [1.807, 2.05) is 53.6 Å². The second-order valence-electron chi connectivity index (χ2n) is 7.90. The maximum atomic E-state index is 13.4. The minimum Gasteiger partial charge on any atom is -0.336 e. The first kappa shape index (κ1) is 19.3. The monoisotopic (exact) mass is 389 g/mol. The Labute approximate surface area is 171 Å². The van der Waals surface area contributed by atoms with Gasteiger partial charge >= 0.3 is 0 Å². The van der Waals surface area contributed by atoms with E-state index in [0.29, 0.717) is 17.2 Å². The average Bonchev–Trinajstić information content (AvgIpc) is 3.20. The molecule has 0 spiro atoms. The van der Waals surface area contributed by atoms with Crippen LogP contribution < -0.4 is 0 Å². The van der Waals surface area contributed by atoms with Crippen LogP contribution in [-0.2, 0) is 0 Å². The van der Waals surface area contributed by atoms with Gasteiger partial charge in [-0.3, -0.25) is 14.7 Å². The fourth-order valence-electron chi connectivity index (χ4n) is 3.78. The van der Waals surface area contributed by atoms with Gasteiger partial charge in [-0.1, -0.05) is 32.0 Å². The lowest BCUT2D eigenvalue weighted by atomic mass is 10.1. The van der Waals surface area contributed by atoms with Crippen molar-refractivity contribution < 1.29 is 4.79 Å². The number of nitrogens with zero attached hydrogens (tertiary/aromatic N) is 5. The molecule has 1 amide bonds. The molecule has 6 nitrogen and oxygen atoms in total. The van der Waals surface area contributed by atoms with Gasteiger partial charge in [0.15, 0.2) is 0 Å². The summed E-state index contributed by atoms with van der Waals surface area (Å²) in [5.41, 5.74) is 3.08. The van der Waals surface area contributed by atoms with E-state index < -0.39 is 0 Å². The number of aromatic nitrogens is 3. The topological polar surface area (TPSA) is 54.3 Å². The summed E-state index contributed by atoms with van der Waals surface area (Å²) in [4.78, 5) is 22.0. The van der Waals surface area contributed by atoms with Gasteiger partial charge in [0, 0.05) is 56.9 Å². The number of pyridine rings is 1. The van der Waals surface area contributed by atoms with E-state index in [9.17, 15) is 4.79 Å². The number of carbonyl (C=O) groups excluding carboxylic acids is 1. The van der Waals surface area contributed by atoms with Crippen molar-refractivity contribution in [2.75, 3.05) is 32.7 Å². The van der Waals surface area contributed by atoms with Crippen LogP contribution in [0.4, 0.5) is 0 Å². The minimum atomic E-state index is 0.0373. The molecule has 0 aliphatic carbocycles. The third-order valence-electron chi connectivity index (χ3n) is 5.18. The summed E-state index contributed by atoms with van der Waals surface area (Å²) in [6.45, 7) is 8.86. The molecule has 29 heavy (non-hydrogen) atoms. The number of amides is 1. The van der Waals surface area contributed by atoms with Gasteiger partial charge in [-0.25, -0.2) is 4.68 Å². The molecule has 0 radical (unpaired) electrons. The zero-order valence-electron chi connectivity index (χ0n) is 17.0. The third-order valence-corrected chi connectivity index (χ3v) is 5.18. The van der Waals surface area contributed by atoms with Crippen molar-refractivity contribution in [2.45, 2.75) is 13.8 Å². The molecule has 0 N–H and O–H groups in total. The first-order valence-electron chi connectivity index (χ1n) is 10.2. The Kier molecular flexibility index (Phi) is 5.71. The molecule has 1 aromatic carbocycles. The lowest BCUT2D eigenvalue weighted by molar-refractivity contribution is 0.0624. The van der Waals surface area contributed by atoms with Gasteiger partial charge in [-0.2, -0.15) is 5.10 Å². The van der Waals surface area contributed by atoms with E-state index in [2.05, 4.69) is 23.7 Å². The summed E-state index contributed by atoms with van der Waals surface area (Å²) in [5.74, 6) is 0.675. The van der Waals surface area contributed by atoms with E-state index in [-0.39, 0.29) is 5.91 Å². The van der Waals surface area contributed by atoms with Crippen LogP contribution in [0.15, 0.2) is 61.1 Å². The number of para-hydroxylation sites is 1. The second kappa shape index (κ2) is 8.57. The summed E-state index contributed by atoms with van der Waals surface area (Å²) in [6.07, 6.45) is 5.34. The highest BCUT2D eigenvalue weighted by Gasteiger charge is 2.26. The molecule has 2 aromatic heterocycles. The summed E-state index contributed by atoms with van der Waals surface area (Å²) in [6, 6.07) is 13.7. The number of piperazine rings is 1. The van der Waals surface area contributed by atoms with Crippen LogP contribution in [0.3, 0.4) is 0 Å². The van der Waals surface area contributed by atoms with Crippen LogP contribution in [-0.4, -0.2) is 63.2 Å². The number of carbonyl (C=O) groups is 1. The Balaban J connectivity index is 1.62. The number of benzene rings is 1. The van der Waals surface area contributed by atoms with Crippen molar-refractivity contribution in [3.8, 4) is 16.9 Å². The van der Waals surface area contributed by atoms with Gasteiger partial charge in [0.25, 0.3) is 5.91 Å². The molecule has 1 aliphatic rings. The van der Waals surface area contributed by atoms with Gasteiger partial charge in [0.1, 0.15) is 5.69 Å². The van der Waals surface area contributed by atoms with Crippen molar-refractivity contribution >= 4 is 5.91 Å². The Morgan fingerprint density at radius 1 is 1.03 bits per heavy atom. The van der Waals surface area contributed by atoms with Gasteiger partial charge < -0.3 is 4.90 Å². The van der Waals surface area contributed by atoms with Crippen LogP contribution >= 0.6 is 0 Å². The van der Waals surface area contributed by atoms with Crippen molar-refractivity contribution in [3.05, 3.63) is 66.6 Å². The largest absolute Gasteiger partial charge is 0.336 e. The highest BCUT2D eigenvalue weighted by molar-refractivity contribution is 6.00. The Morgan fingerprint density at radius 3 is 2.45 bits per heavy atom. The summed E-state index contributed by atoms with van der Waals surface area (Å²) in [7, 11) is 0. The van der Waals surface area contributed by atoms with E-state index in [1.165, 1.54) is 0 Å². The maximum Gasteiger partial charge on any atom is 0.257 e. The zero-order valence-corrected chi connectivity index (χ0v) is 17.0. The summed E-state index contributed by atoms with van der Waals surface area (Å²) < 4.78 is 1.78. The molecule has 3 aromatic rings. The lowest BCUT2D eigenvalue weighted by Crippen LogP contribution is -2.49. The van der Waals surface area contributed by atoms with Crippen LogP contribution in [0.2, 0.25) is 0 Å². The van der Waals surface area contributed by atoms with Crippen molar-refractivity contribution in [1.29, 1.82) is 0 Å². The smallest absolute Gasteiger partial charge is 0.257 e. The normalized spacial score (nSPS) is 15.1. The van der Waals surface area contributed by atoms with E-state index in [4.69, 9.17) is 5.10 Å². The van der Waals surface area contributed by atoms with Gasteiger partial charge in [-0.15, -0.1) is 0 Å². The molecule has 150 valence electrons. The van der Waals surface area contributed by atoms with Gasteiger partial charge in [-0.05, 0) is 30.2 Å². The molecule has 0 bridgehead atoms. The second-order valence-corrected chi connectivity index (χ2v) is 7.90. The predicted octanol–water partition coefficient (Wildman–Crippen LogP) is 3.35. The predicted molar refractivity (Wildman–Crippen MR) is 114 cm³/mol. The number of rotatable bonds is 5. The van der Waals surface area contributed by atoms with Crippen molar-refractivity contribution in [1.82, 2.24) is 24.6 Å². The van der Waals surface area contributed by atoms with Crippen LogP contribution in [0.1, 0.15) is 24.2 Å². The lowest BCUT2D eigenvalue weighted by Gasteiger charge is -2.35. The fourth-order valence-corrected chi connectivity index (χ4v) is 3.78. The number of hydrogen-bond donors (Lipinski definition) is 0. The molecule has 1 aliphatic heterocycles. The molecule has 3 heterocycles. The van der Waals surface area contributed by atoms with Crippen molar-refractivity contribution in [3.63, 3.8) is 0 Å². The van der Waals surface area contributed by atoms with Crippen LogP contribution in [0, 0.1) is 5.92 Å². The maximum absolute atomic E-state index is 13.4. The molecule has 4 rings (SSSR count). The molecular formula is C23H27N5O. The quantitative estimate of drug-likeness (QED) is 0.672. The van der Waals surface area contributed by atoms with Gasteiger partial charge in [0.05, 0.1) is 11.3 Å². The Bertz CT molecular complexity index is 944. The number of hydrogen-bond acceptors (Lipinski definition) is 4. The first-order chi connectivity index (χ1) is 14.1. The first-order valence-corrected chi connectivity index (χ1v) is 10.2.